The van der Waals surface area contributed by atoms with Crippen molar-refractivity contribution in [3.05, 3.63) is 58.6 Å². The van der Waals surface area contributed by atoms with E-state index < -0.39 is 4.92 Å². The van der Waals surface area contributed by atoms with Crippen LogP contribution in [0.4, 0.5) is 11.4 Å². The normalized spacial score (nSPS) is 9.95. The lowest BCUT2D eigenvalue weighted by Crippen LogP contribution is -2.06. The van der Waals surface area contributed by atoms with Gasteiger partial charge >= 0.3 is 0 Å². The second-order valence-electron chi connectivity index (χ2n) is 4.03. The molecule has 0 spiro atoms. The van der Waals surface area contributed by atoms with Crippen LogP contribution in [-0.4, -0.2) is 10.8 Å². The molecule has 0 saturated heterocycles. The molecule has 0 aliphatic carbocycles. The standard InChI is InChI=1S/C14H12N2O3/c1-10(17)15-14-5-3-2-4-13(14)11-6-8-12(9-7-11)16(18)19/h2-9H,1H3,(H,15,17). The van der Waals surface area contributed by atoms with Gasteiger partial charge < -0.3 is 5.32 Å². The molecule has 96 valence electrons. The highest BCUT2D eigenvalue weighted by Gasteiger charge is 2.08. The number of hydrogen-bond acceptors (Lipinski definition) is 3. The minimum absolute atomic E-state index is 0.0424. The average Bonchev–Trinajstić information content (AvgIpc) is 2.39. The summed E-state index contributed by atoms with van der Waals surface area (Å²) in [5.74, 6) is -0.158. The quantitative estimate of drug-likeness (QED) is 0.677. The summed E-state index contributed by atoms with van der Waals surface area (Å²) in [5, 5.41) is 13.3. The Hall–Kier alpha value is -2.69. The third kappa shape index (κ3) is 2.95. The van der Waals surface area contributed by atoms with E-state index in [-0.39, 0.29) is 11.6 Å². The fraction of sp³-hybridized carbons (Fsp3) is 0.0714. The first-order valence-electron chi connectivity index (χ1n) is 5.69. The van der Waals surface area contributed by atoms with Crippen molar-refractivity contribution < 1.29 is 9.72 Å². The Morgan fingerprint density at radius 1 is 1.11 bits per heavy atom. The Morgan fingerprint density at radius 3 is 2.32 bits per heavy atom. The first-order valence-corrected chi connectivity index (χ1v) is 5.69. The van der Waals surface area contributed by atoms with Gasteiger partial charge in [-0.25, -0.2) is 0 Å². The van der Waals surface area contributed by atoms with Crippen molar-refractivity contribution in [3.63, 3.8) is 0 Å². The summed E-state index contributed by atoms with van der Waals surface area (Å²) in [6, 6.07) is 13.5. The van der Waals surface area contributed by atoms with Crippen molar-refractivity contribution in [2.75, 3.05) is 5.32 Å². The minimum atomic E-state index is -0.441. The number of nitro benzene ring substituents is 1. The maximum atomic E-state index is 11.1. The third-order valence-corrected chi connectivity index (χ3v) is 2.63. The molecule has 2 aromatic rings. The van der Waals surface area contributed by atoms with Crippen LogP contribution in [0.3, 0.4) is 0 Å². The zero-order valence-corrected chi connectivity index (χ0v) is 10.3. The summed E-state index contributed by atoms with van der Waals surface area (Å²) in [7, 11) is 0. The molecule has 0 atom stereocenters. The van der Waals surface area contributed by atoms with Crippen LogP contribution in [-0.2, 0) is 4.79 Å². The molecule has 5 heteroatoms. The van der Waals surface area contributed by atoms with Crippen molar-refractivity contribution in [1.82, 2.24) is 0 Å². The Balaban J connectivity index is 2.41. The largest absolute Gasteiger partial charge is 0.326 e. The van der Waals surface area contributed by atoms with E-state index in [2.05, 4.69) is 5.32 Å². The van der Waals surface area contributed by atoms with Gasteiger partial charge in [-0.1, -0.05) is 18.2 Å². The van der Waals surface area contributed by atoms with Crippen molar-refractivity contribution in [1.29, 1.82) is 0 Å². The highest BCUT2D eigenvalue weighted by atomic mass is 16.6. The number of para-hydroxylation sites is 1. The van der Waals surface area contributed by atoms with Crippen LogP contribution in [0.25, 0.3) is 11.1 Å². The molecule has 2 rings (SSSR count). The molecular formula is C14H12N2O3. The van der Waals surface area contributed by atoms with Gasteiger partial charge in [-0.3, -0.25) is 14.9 Å². The van der Waals surface area contributed by atoms with E-state index in [0.717, 1.165) is 11.1 Å². The van der Waals surface area contributed by atoms with E-state index >= 15 is 0 Å². The van der Waals surface area contributed by atoms with Gasteiger partial charge in [0.2, 0.25) is 5.91 Å². The molecule has 0 bridgehead atoms. The van der Waals surface area contributed by atoms with Gasteiger partial charge in [-0.05, 0) is 23.8 Å². The molecule has 0 saturated carbocycles. The molecule has 0 heterocycles. The molecule has 0 aromatic heterocycles. The molecule has 2 aromatic carbocycles. The lowest BCUT2D eigenvalue weighted by atomic mass is 10.0. The number of non-ortho nitro benzene ring substituents is 1. The van der Waals surface area contributed by atoms with Gasteiger partial charge in [0.1, 0.15) is 0 Å². The molecule has 0 radical (unpaired) electrons. The lowest BCUT2D eigenvalue weighted by Gasteiger charge is -2.09. The van der Waals surface area contributed by atoms with E-state index in [1.807, 2.05) is 18.2 Å². The molecule has 1 N–H and O–H groups in total. The number of nitrogens with one attached hydrogen (secondary N) is 1. The number of carbonyl (C=O) groups is 1. The summed E-state index contributed by atoms with van der Waals surface area (Å²) >= 11 is 0. The number of carbonyl (C=O) groups excluding carboxylic acids is 1. The second-order valence-corrected chi connectivity index (χ2v) is 4.03. The van der Waals surface area contributed by atoms with E-state index in [4.69, 9.17) is 0 Å². The maximum Gasteiger partial charge on any atom is 0.269 e. The first-order chi connectivity index (χ1) is 9.08. The topological polar surface area (TPSA) is 72.2 Å². The summed E-state index contributed by atoms with van der Waals surface area (Å²) in [5.41, 5.74) is 2.37. The molecular weight excluding hydrogens is 244 g/mol. The monoisotopic (exact) mass is 256 g/mol. The Bertz CT molecular complexity index is 621. The molecule has 5 nitrogen and oxygen atoms in total. The summed E-state index contributed by atoms with van der Waals surface area (Å²) < 4.78 is 0. The Morgan fingerprint density at radius 2 is 1.74 bits per heavy atom. The molecule has 0 aliphatic heterocycles. The highest BCUT2D eigenvalue weighted by Crippen LogP contribution is 2.29. The van der Waals surface area contributed by atoms with Crippen LogP contribution in [0.5, 0.6) is 0 Å². The zero-order valence-electron chi connectivity index (χ0n) is 10.3. The summed E-state index contributed by atoms with van der Waals surface area (Å²) in [4.78, 5) is 21.3. The fourth-order valence-corrected chi connectivity index (χ4v) is 1.80. The predicted molar refractivity (Wildman–Crippen MR) is 72.8 cm³/mol. The Kier molecular flexibility index (Phi) is 3.56. The van der Waals surface area contributed by atoms with Crippen LogP contribution >= 0.6 is 0 Å². The average molecular weight is 256 g/mol. The van der Waals surface area contributed by atoms with Gasteiger partial charge in [-0.2, -0.15) is 0 Å². The maximum absolute atomic E-state index is 11.1. The number of nitro groups is 1. The molecule has 0 aliphatic rings. The number of amides is 1. The molecule has 0 unspecified atom stereocenters. The van der Waals surface area contributed by atoms with Crippen molar-refractivity contribution >= 4 is 17.3 Å². The Labute approximate surface area is 110 Å². The van der Waals surface area contributed by atoms with Crippen molar-refractivity contribution in [2.24, 2.45) is 0 Å². The summed E-state index contributed by atoms with van der Waals surface area (Å²) in [6.07, 6.45) is 0. The van der Waals surface area contributed by atoms with E-state index in [0.29, 0.717) is 5.69 Å². The van der Waals surface area contributed by atoms with Crippen LogP contribution in [0.15, 0.2) is 48.5 Å². The van der Waals surface area contributed by atoms with Crippen LogP contribution < -0.4 is 5.32 Å². The fourth-order valence-electron chi connectivity index (χ4n) is 1.80. The number of hydrogen-bond donors (Lipinski definition) is 1. The lowest BCUT2D eigenvalue weighted by molar-refractivity contribution is -0.384. The van der Waals surface area contributed by atoms with Gasteiger partial charge in [-0.15, -0.1) is 0 Å². The zero-order chi connectivity index (χ0) is 13.8. The predicted octanol–water partition coefficient (Wildman–Crippen LogP) is 3.22. The molecule has 19 heavy (non-hydrogen) atoms. The SMILES string of the molecule is CC(=O)Nc1ccccc1-c1ccc([N+](=O)[O-])cc1. The van der Waals surface area contributed by atoms with E-state index in [9.17, 15) is 14.9 Å². The van der Waals surface area contributed by atoms with Crippen molar-refractivity contribution in [3.8, 4) is 11.1 Å². The number of rotatable bonds is 3. The third-order valence-electron chi connectivity index (χ3n) is 2.63. The van der Waals surface area contributed by atoms with Crippen LogP contribution in [0.2, 0.25) is 0 Å². The number of benzene rings is 2. The first kappa shape index (κ1) is 12.8. The minimum Gasteiger partial charge on any atom is -0.326 e. The van der Waals surface area contributed by atoms with E-state index in [1.54, 1.807) is 18.2 Å². The summed E-state index contributed by atoms with van der Waals surface area (Å²) in [6.45, 7) is 1.44. The number of nitrogens with zero attached hydrogens (tertiary/aromatic N) is 1. The number of anilines is 1. The molecule has 1 amide bonds. The van der Waals surface area contributed by atoms with Crippen LogP contribution in [0.1, 0.15) is 6.92 Å². The second kappa shape index (κ2) is 5.30. The van der Waals surface area contributed by atoms with Gasteiger partial charge in [0.05, 0.1) is 4.92 Å². The van der Waals surface area contributed by atoms with Gasteiger partial charge in [0.25, 0.3) is 5.69 Å². The van der Waals surface area contributed by atoms with Gasteiger partial charge in [0, 0.05) is 30.3 Å². The smallest absolute Gasteiger partial charge is 0.269 e. The highest BCUT2D eigenvalue weighted by molar-refractivity contribution is 5.94. The van der Waals surface area contributed by atoms with Crippen LogP contribution in [0, 0.1) is 10.1 Å². The van der Waals surface area contributed by atoms with E-state index in [1.165, 1.54) is 19.1 Å². The molecule has 0 fully saturated rings. The van der Waals surface area contributed by atoms with Crippen molar-refractivity contribution in [2.45, 2.75) is 6.92 Å². The van der Waals surface area contributed by atoms with Gasteiger partial charge in [0.15, 0.2) is 0 Å².